The smallest absolute Gasteiger partial charge is 0.146 e. The molecule has 4 heteroatoms. The van der Waals surface area contributed by atoms with Crippen molar-refractivity contribution in [2.24, 2.45) is 0 Å². The van der Waals surface area contributed by atoms with Crippen LogP contribution in [0.1, 0.15) is 18.0 Å². The van der Waals surface area contributed by atoms with E-state index in [0.717, 1.165) is 25.1 Å². The van der Waals surface area contributed by atoms with E-state index in [2.05, 4.69) is 17.0 Å². The minimum atomic E-state index is 0.0716. The van der Waals surface area contributed by atoms with Gasteiger partial charge in [-0.3, -0.25) is 4.90 Å². The predicted octanol–water partition coefficient (Wildman–Crippen LogP) is 1.41. The van der Waals surface area contributed by atoms with Gasteiger partial charge in [0.05, 0.1) is 18.8 Å². The molecule has 1 aliphatic rings. The minimum Gasteiger partial charge on any atom is -0.394 e. The summed E-state index contributed by atoms with van der Waals surface area (Å²) >= 11 is 0. The Kier molecular flexibility index (Phi) is 5.13. The van der Waals surface area contributed by atoms with Crippen LogP contribution in [0.4, 0.5) is 0 Å². The van der Waals surface area contributed by atoms with Crippen molar-refractivity contribution in [1.29, 1.82) is 0 Å². The molecule has 0 bridgehead atoms. The fourth-order valence-corrected chi connectivity index (χ4v) is 2.44. The number of benzene rings is 1. The van der Waals surface area contributed by atoms with Gasteiger partial charge in [0.15, 0.2) is 0 Å². The normalized spacial score (nSPS) is 22.2. The van der Waals surface area contributed by atoms with E-state index in [0.29, 0.717) is 6.79 Å². The lowest BCUT2D eigenvalue weighted by atomic mass is 10.1. The molecule has 0 radical (unpaired) electrons. The van der Waals surface area contributed by atoms with Gasteiger partial charge in [0.25, 0.3) is 0 Å². The number of aliphatic hydroxyl groups excluding tert-OH is 1. The van der Waals surface area contributed by atoms with Crippen LogP contribution < -0.4 is 0 Å². The fourth-order valence-electron chi connectivity index (χ4n) is 2.44. The SMILES string of the molecule is COCOC1CCN([C@H](CO)c2ccccc2)C1. The van der Waals surface area contributed by atoms with Crippen molar-refractivity contribution in [3.8, 4) is 0 Å². The molecular weight excluding hydrogens is 230 g/mol. The summed E-state index contributed by atoms with van der Waals surface area (Å²) < 4.78 is 10.5. The molecule has 1 aromatic carbocycles. The van der Waals surface area contributed by atoms with Gasteiger partial charge >= 0.3 is 0 Å². The van der Waals surface area contributed by atoms with Crippen LogP contribution >= 0.6 is 0 Å². The Bertz CT molecular complexity index is 344. The maximum atomic E-state index is 9.60. The average molecular weight is 251 g/mol. The number of ether oxygens (including phenoxy) is 2. The van der Waals surface area contributed by atoms with E-state index in [1.165, 1.54) is 0 Å². The average Bonchev–Trinajstić information content (AvgIpc) is 2.87. The second-order valence-corrected chi connectivity index (χ2v) is 4.59. The number of rotatable bonds is 6. The third-order valence-electron chi connectivity index (χ3n) is 3.40. The van der Waals surface area contributed by atoms with Gasteiger partial charge in [-0.1, -0.05) is 30.3 Å². The summed E-state index contributed by atoms with van der Waals surface area (Å²) in [4.78, 5) is 2.27. The van der Waals surface area contributed by atoms with E-state index in [1.807, 2.05) is 18.2 Å². The Morgan fingerprint density at radius 2 is 2.17 bits per heavy atom. The summed E-state index contributed by atoms with van der Waals surface area (Å²) in [6, 6.07) is 10.2. The maximum absolute atomic E-state index is 9.60. The zero-order chi connectivity index (χ0) is 12.8. The molecule has 4 nitrogen and oxygen atoms in total. The van der Waals surface area contributed by atoms with Crippen LogP contribution in [0.15, 0.2) is 30.3 Å². The molecule has 0 saturated carbocycles. The summed E-state index contributed by atoms with van der Waals surface area (Å²) in [5, 5.41) is 9.60. The lowest BCUT2D eigenvalue weighted by molar-refractivity contribution is -0.0684. The molecule has 1 saturated heterocycles. The van der Waals surface area contributed by atoms with E-state index in [9.17, 15) is 5.11 Å². The highest BCUT2D eigenvalue weighted by Gasteiger charge is 2.29. The largest absolute Gasteiger partial charge is 0.394 e. The van der Waals surface area contributed by atoms with Crippen LogP contribution in [0.5, 0.6) is 0 Å². The van der Waals surface area contributed by atoms with Gasteiger partial charge in [-0.15, -0.1) is 0 Å². The first kappa shape index (κ1) is 13.5. The first-order valence-corrected chi connectivity index (χ1v) is 6.35. The predicted molar refractivity (Wildman–Crippen MR) is 69.2 cm³/mol. The lowest BCUT2D eigenvalue weighted by Crippen LogP contribution is -2.30. The second kappa shape index (κ2) is 6.85. The molecule has 0 aliphatic carbocycles. The number of likely N-dealkylation sites (tertiary alicyclic amines) is 1. The molecule has 1 unspecified atom stereocenters. The molecule has 1 aromatic rings. The number of nitrogens with zero attached hydrogens (tertiary/aromatic N) is 1. The molecule has 0 aromatic heterocycles. The van der Waals surface area contributed by atoms with Gasteiger partial charge < -0.3 is 14.6 Å². The number of hydrogen-bond donors (Lipinski definition) is 1. The molecule has 0 amide bonds. The van der Waals surface area contributed by atoms with Crippen LogP contribution in [-0.2, 0) is 9.47 Å². The van der Waals surface area contributed by atoms with Gasteiger partial charge in [0, 0.05) is 20.2 Å². The van der Waals surface area contributed by atoms with E-state index in [4.69, 9.17) is 9.47 Å². The van der Waals surface area contributed by atoms with Crippen molar-refractivity contribution in [1.82, 2.24) is 4.90 Å². The van der Waals surface area contributed by atoms with Crippen LogP contribution in [0, 0.1) is 0 Å². The Balaban J connectivity index is 1.94. The Morgan fingerprint density at radius 3 is 2.83 bits per heavy atom. The van der Waals surface area contributed by atoms with E-state index in [1.54, 1.807) is 7.11 Å². The van der Waals surface area contributed by atoms with Gasteiger partial charge in [0.1, 0.15) is 6.79 Å². The summed E-state index contributed by atoms with van der Waals surface area (Å²) in [6.07, 6.45) is 1.20. The fraction of sp³-hybridized carbons (Fsp3) is 0.571. The summed E-state index contributed by atoms with van der Waals surface area (Å²) in [7, 11) is 1.63. The van der Waals surface area contributed by atoms with Crippen LogP contribution in [0.25, 0.3) is 0 Å². The number of methoxy groups -OCH3 is 1. The molecule has 1 aliphatic heterocycles. The highest BCUT2D eigenvalue weighted by Crippen LogP contribution is 2.25. The zero-order valence-electron chi connectivity index (χ0n) is 10.8. The molecule has 2 atom stereocenters. The monoisotopic (exact) mass is 251 g/mol. The first-order valence-electron chi connectivity index (χ1n) is 6.35. The first-order chi connectivity index (χ1) is 8.85. The highest BCUT2D eigenvalue weighted by molar-refractivity contribution is 5.19. The van der Waals surface area contributed by atoms with E-state index < -0.39 is 0 Å². The van der Waals surface area contributed by atoms with Crippen LogP contribution in [-0.4, -0.2) is 49.7 Å². The standard InChI is InChI=1S/C14H21NO3/c1-17-11-18-13-7-8-15(9-13)14(10-16)12-5-3-2-4-6-12/h2-6,13-14,16H,7-11H2,1H3/t13?,14-/m1/s1. The minimum absolute atomic E-state index is 0.0716. The van der Waals surface area contributed by atoms with Crippen molar-refractivity contribution >= 4 is 0 Å². The Labute approximate surface area is 108 Å². The summed E-state index contributed by atoms with van der Waals surface area (Å²) in [5.41, 5.74) is 1.16. The molecule has 1 N–H and O–H groups in total. The van der Waals surface area contributed by atoms with Gasteiger partial charge in [-0.25, -0.2) is 0 Å². The van der Waals surface area contributed by atoms with E-state index >= 15 is 0 Å². The molecule has 2 rings (SSSR count). The number of hydrogen-bond acceptors (Lipinski definition) is 4. The van der Waals surface area contributed by atoms with Crippen LogP contribution in [0.2, 0.25) is 0 Å². The summed E-state index contributed by atoms with van der Waals surface area (Å²) in [5.74, 6) is 0. The van der Waals surface area contributed by atoms with Crippen molar-refractivity contribution in [3.63, 3.8) is 0 Å². The molecule has 18 heavy (non-hydrogen) atoms. The molecule has 0 spiro atoms. The highest BCUT2D eigenvalue weighted by atomic mass is 16.7. The number of aliphatic hydroxyl groups is 1. The van der Waals surface area contributed by atoms with Gasteiger partial charge in [0.2, 0.25) is 0 Å². The molecule has 1 fully saturated rings. The van der Waals surface area contributed by atoms with Crippen molar-refractivity contribution in [3.05, 3.63) is 35.9 Å². The Hall–Kier alpha value is -0.940. The van der Waals surface area contributed by atoms with Crippen molar-refractivity contribution in [2.75, 3.05) is 33.6 Å². The molecule has 100 valence electrons. The zero-order valence-corrected chi connectivity index (χ0v) is 10.8. The Morgan fingerprint density at radius 1 is 1.39 bits per heavy atom. The van der Waals surface area contributed by atoms with Crippen LogP contribution in [0.3, 0.4) is 0 Å². The second-order valence-electron chi connectivity index (χ2n) is 4.59. The van der Waals surface area contributed by atoms with Gasteiger partial charge in [-0.2, -0.15) is 0 Å². The van der Waals surface area contributed by atoms with Crippen molar-refractivity contribution in [2.45, 2.75) is 18.6 Å². The van der Waals surface area contributed by atoms with Crippen molar-refractivity contribution < 1.29 is 14.6 Å². The van der Waals surface area contributed by atoms with E-state index in [-0.39, 0.29) is 18.8 Å². The third kappa shape index (κ3) is 3.29. The molecular formula is C14H21NO3. The summed E-state index contributed by atoms with van der Waals surface area (Å²) in [6.45, 7) is 2.28. The topological polar surface area (TPSA) is 41.9 Å². The quantitative estimate of drug-likeness (QED) is 0.776. The third-order valence-corrected chi connectivity index (χ3v) is 3.40. The lowest BCUT2D eigenvalue weighted by Gasteiger charge is -2.26. The maximum Gasteiger partial charge on any atom is 0.146 e. The van der Waals surface area contributed by atoms with Gasteiger partial charge in [-0.05, 0) is 12.0 Å². The molecule has 1 heterocycles.